The fourth-order valence-corrected chi connectivity index (χ4v) is 5.45. The van der Waals surface area contributed by atoms with Gasteiger partial charge in [-0.25, -0.2) is 17.6 Å². The number of furan rings is 1. The van der Waals surface area contributed by atoms with Crippen LogP contribution >= 0.6 is 0 Å². The van der Waals surface area contributed by atoms with E-state index < -0.39 is 21.8 Å². The first kappa shape index (κ1) is 25.4. The number of carboxylic acid groups (broad SMARTS) is 1. The van der Waals surface area contributed by atoms with Gasteiger partial charge in [-0.15, -0.1) is 0 Å². The van der Waals surface area contributed by atoms with Crippen LogP contribution in [0.25, 0.3) is 55.6 Å². The highest BCUT2D eigenvalue weighted by atomic mass is 32.2. The van der Waals surface area contributed by atoms with E-state index in [-0.39, 0.29) is 33.7 Å². The second-order valence-electron chi connectivity index (χ2n) is 9.37. The van der Waals surface area contributed by atoms with Gasteiger partial charge >= 0.3 is 5.97 Å². The second-order valence-corrected chi connectivity index (χ2v) is 11.4. The van der Waals surface area contributed by atoms with Gasteiger partial charge in [0.15, 0.2) is 0 Å². The van der Waals surface area contributed by atoms with Crippen molar-refractivity contribution < 1.29 is 27.1 Å². The van der Waals surface area contributed by atoms with Gasteiger partial charge in [0.2, 0.25) is 10.0 Å². The molecule has 0 radical (unpaired) electrons. The summed E-state index contributed by atoms with van der Waals surface area (Å²) < 4.78 is 47.4. The monoisotopic (exact) mass is 554 g/mol. The zero-order chi connectivity index (χ0) is 28.0. The molecular formula is C31H23FN2O5S. The Morgan fingerprint density at radius 3 is 2.40 bits per heavy atom. The van der Waals surface area contributed by atoms with Crippen LogP contribution in [0, 0.1) is 5.82 Å². The molecule has 2 aromatic heterocycles. The molecule has 40 heavy (non-hydrogen) atoms. The lowest BCUT2D eigenvalue weighted by molar-refractivity contribution is 0.0699. The normalized spacial score (nSPS) is 11.8. The predicted octanol–water partition coefficient (Wildman–Crippen LogP) is 7.51. The molecule has 0 saturated carbocycles. The molecule has 7 nitrogen and oxygen atoms in total. The molecule has 0 fully saturated rings. The minimum atomic E-state index is -3.68. The number of aromatic amines is 1. The minimum Gasteiger partial charge on any atom is -0.478 e. The average molecular weight is 555 g/mol. The maximum Gasteiger partial charge on any atom is 0.340 e. The van der Waals surface area contributed by atoms with Crippen molar-refractivity contribution in [1.29, 1.82) is 0 Å². The van der Waals surface area contributed by atoms with Crippen molar-refractivity contribution in [3.8, 4) is 33.7 Å². The zero-order valence-electron chi connectivity index (χ0n) is 21.2. The number of nitrogens with one attached hydrogen (secondary N) is 2. The topological polar surface area (TPSA) is 112 Å². The number of fused-ring (bicyclic) bond motifs is 2. The number of hydrogen-bond acceptors (Lipinski definition) is 4. The van der Waals surface area contributed by atoms with Crippen molar-refractivity contribution in [3.05, 3.63) is 102 Å². The summed E-state index contributed by atoms with van der Waals surface area (Å²) in [6, 6.07) is 25.9. The summed E-state index contributed by atoms with van der Waals surface area (Å²) in [5, 5.41) is 11.5. The van der Waals surface area contributed by atoms with Gasteiger partial charge in [-0.3, -0.25) is 4.72 Å². The predicted molar refractivity (Wildman–Crippen MR) is 154 cm³/mol. The van der Waals surface area contributed by atoms with Gasteiger partial charge in [0.25, 0.3) is 0 Å². The fraction of sp³-hybridized carbons (Fsp3) is 0.0645. The molecule has 0 saturated heterocycles. The summed E-state index contributed by atoms with van der Waals surface area (Å²) in [7, 11) is -3.68. The standard InChI is InChI=1S/C31H23FN2O5S/c1-2-40(37,38)34-27-17-28-24(29(31(35)36)30(39-28)18-10-12-22(32)13-11-18)16-23(27)19-7-5-8-20(14-19)26-15-21-6-3-4-9-25(21)33-26/h3-17,33-34H,2H2,1H3,(H,35,36). The van der Waals surface area contributed by atoms with Crippen LogP contribution in [0.5, 0.6) is 0 Å². The molecular weight excluding hydrogens is 531 g/mol. The van der Waals surface area contributed by atoms with Gasteiger partial charge in [0, 0.05) is 39.2 Å². The molecule has 0 unspecified atom stereocenters. The molecule has 0 spiro atoms. The van der Waals surface area contributed by atoms with Gasteiger partial charge in [-0.05, 0) is 66.6 Å². The van der Waals surface area contributed by atoms with Crippen molar-refractivity contribution in [2.45, 2.75) is 6.92 Å². The van der Waals surface area contributed by atoms with E-state index >= 15 is 0 Å². The maximum atomic E-state index is 13.6. The Morgan fingerprint density at radius 2 is 1.68 bits per heavy atom. The van der Waals surface area contributed by atoms with E-state index in [1.54, 1.807) is 6.07 Å². The molecule has 4 aromatic carbocycles. The lowest BCUT2D eigenvalue weighted by Gasteiger charge is -2.13. The quantitative estimate of drug-likeness (QED) is 0.189. The van der Waals surface area contributed by atoms with Gasteiger partial charge in [0.05, 0.1) is 11.4 Å². The minimum absolute atomic E-state index is 0.0516. The highest BCUT2D eigenvalue weighted by Crippen LogP contribution is 2.41. The van der Waals surface area contributed by atoms with Crippen molar-refractivity contribution in [2.24, 2.45) is 0 Å². The fourth-order valence-electron chi connectivity index (χ4n) is 4.81. The number of anilines is 1. The number of halogens is 1. The number of carboxylic acids is 1. The highest BCUT2D eigenvalue weighted by molar-refractivity contribution is 7.92. The largest absolute Gasteiger partial charge is 0.478 e. The molecule has 6 rings (SSSR count). The van der Waals surface area contributed by atoms with Crippen LogP contribution in [0.15, 0.2) is 95.4 Å². The summed E-state index contributed by atoms with van der Waals surface area (Å²) in [6.07, 6.45) is 0. The third kappa shape index (κ3) is 4.60. The van der Waals surface area contributed by atoms with Crippen molar-refractivity contribution in [3.63, 3.8) is 0 Å². The summed E-state index contributed by atoms with van der Waals surface area (Å²) in [4.78, 5) is 15.8. The first-order chi connectivity index (χ1) is 19.2. The maximum absolute atomic E-state index is 13.6. The van der Waals surface area contributed by atoms with Gasteiger partial charge in [-0.1, -0.05) is 36.4 Å². The first-order valence-corrected chi connectivity index (χ1v) is 14.2. The molecule has 200 valence electrons. The summed E-state index contributed by atoms with van der Waals surface area (Å²) >= 11 is 0. The SMILES string of the molecule is CCS(=O)(=O)Nc1cc2oc(-c3ccc(F)cc3)c(C(=O)O)c2cc1-c1cccc(-c2cc3ccccc3[nH]2)c1. The molecule has 0 amide bonds. The van der Waals surface area contributed by atoms with Crippen molar-refractivity contribution >= 4 is 43.6 Å². The zero-order valence-corrected chi connectivity index (χ0v) is 22.1. The van der Waals surface area contributed by atoms with Crippen LogP contribution in [0.2, 0.25) is 0 Å². The second kappa shape index (κ2) is 9.69. The van der Waals surface area contributed by atoms with E-state index in [1.165, 1.54) is 37.3 Å². The molecule has 0 aliphatic heterocycles. The molecule has 9 heteroatoms. The van der Waals surface area contributed by atoms with Crippen LogP contribution in [-0.2, 0) is 10.0 Å². The van der Waals surface area contributed by atoms with Gasteiger partial charge < -0.3 is 14.5 Å². The number of hydrogen-bond donors (Lipinski definition) is 3. The summed E-state index contributed by atoms with van der Waals surface area (Å²) in [5.74, 6) is -1.79. The Kier molecular flexibility index (Phi) is 6.15. The van der Waals surface area contributed by atoms with Crippen LogP contribution in [-0.4, -0.2) is 30.2 Å². The van der Waals surface area contributed by atoms with Crippen molar-refractivity contribution in [2.75, 3.05) is 10.5 Å². The molecule has 0 atom stereocenters. The Balaban J connectivity index is 1.57. The number of aromatic carboxylic acids is 1. The summed E-state index contributed by atoms with van der Waals surface area (Å²) in [6.45, 7) is 1.53. The molecule has 2 heterocycles. The number of aromatic nitrogens is 1. The van der Waals surface area contributed by atoms with Gasteiger partial charge in [0.1, 0.15) is 22.7 Å². The third-order valence-corrected chi connectivity index (χ3v) is 8.10. The Labute approximate surface area is 228 Å². The number of sulfonamides is 1. The Bertz CT molecular complexity index is 1990. The van der Waals surface area contributed by atoms with Crippen LogP contribution in [0.4, 0.5) is 10.1 Å². The van der Waals surface area contributed by atoms with E-state index in [4.69, 9.17) is 4.42 Å². The van der Waals surface area contributed by atoms with Gasteiger partial charge in [-0.2, -0.15) is 0 Å². The Morgan fingerprint density at radius 1 is 0.925 bits per heavy atom. The number of para-hydroxylation sites is 1. The average Bonchev–Trinajstić information content (AvgIpc) is 3.54. The molecule has 0 aliphatic rings. The van der Waals surface area contributed by atoms with E-state index in [9.17, 15) is 22.7 Å². The van der Waals surface area contributed by atoms with Crippen LogP contribution in [0.3, 0.4) is 0 Å². The summed E-state index contributed by atoms with van der Waals surface area (Å²) in [5.41, 5.74) is 4.61. The van der Waals surface area contributed by atoms with Crippen molar-refractivity contribution in [1.82, 2.24) is 4.98 Å². The number of benzene rings is 4. The number of rotatable bonds is 7. The lowest BCUT2D eigenvalue weighted by atomic mass is 9.97. The smallest absolute Gasteiger partial charge is 0.340 e. The van der Waals surface area contributed by atoms with E-state index in [1.807, 2.05) is 54.6 Å². The molecule has 0 aliphatic carbocycles. The van der Waals surface area contributed by atoms with Crippen LogP contribution < -0.4 is 4.72 Å². The Hall–Kier alpha value is -4.89. The van der Waals surface area contributed by atoms with Crippen LogP contribution in [0.1, 0.15) is 17.3 Å². The van der Waals surface area contributed by atoms with E-state index in [0.717, 1.165) is 22.2 Å². The number of H-pyrrole nitrogens is 1. The molecule has 3 N–H and O–H groups in total. The molecule has 0 bridgehead atoms. The highest BCUT2D eigenvalue weighted by Gasteiger charge is 2.25. The third-order valence-electron chi connectivity index (χ3n) is 6.81. The molecule has 6 aromatic rings. The van der Waals surface area contributed by atoms with E-state index in [0.29, 0.717) is 16.7 Å². The first-order valence-electron chi connectivity index (χ1n) is 12.5. The lowest BCUT2D eigenvalue weighted by Crippen LogP contribution is -2.15. The number of carbonyl (C=O) groups is 1. The van der Waals surface area contributed by atoms with E-state index in [2.05, 4.69) is 9.71 Å².